The van der Waals surface area contributed by atoms with Gasteiger partial charge < -0.3 is 10.6 Å². The first kappa shape index (κ1) is 12.1. The van der Waals surface area contributed by atoms with Crippen molar-refractivity contribution in [3.63, 3.8) is 0 Å². The molecule has 2 N–H and O–H groups in total. The van der Waals surface area contributed by atoms with Crippen molar-refractivity contribution in [3.8, 4) is 0 Å². The molecule has 0 bridgehead atoms. The van der Waals surface area contributed by atoms with Gasteiger partial charge in [0.15, 0.2) is 0 Å². The van der Waals surface area contributed by atoms with E-state index >= 15 is 0 Å². The zero-order chi connectivity index (χ0) is 12.5. The van der Waals surface area contributed by atoms with Gasteiger partial charge in [0.05, 0.1) is 0 Å². The number of rotatable bonds is 2. The van der Waals surface area contributed by atoms with Crippen LogP contribution in [-0.4, -0.2) is 30.4 Å². The number of hydrogen-bond acceptors (Lipinski definition) is 2. The minimum Gasteiger partial charge on any atom is -0.338 e. The van der Waals surface area contributed by atoms with E-state index in [0.29, 0.717) is 6.54 Å². The van der Waals surface area contributed by atoms with Crippen molar-refractivity contribution in [2.75, 3.05) is 19.6 Å². The van der Waals surface area contributed by atoms with E-state index in [9.17, 15) is 4.79 Å². The molecule has 0 saturated carbocycles. The molecular weight excluding hydrogens is 212 g/mol. The molecule has 1 aromatic rings. The Morgan fingerprint density at radius 3 is 2.88 bits per heavy atom. The fourth-order valence-corrected chi connectivity index (χ4v) is 2.32. The largest absolute Gasteiger partial charge is 0.338 e. The predicted octanol–water partition coefficient (Wildman–Crippen LogP) is 1.81. The van der Waals surface area contributed by atoms with Crippen LogP contribution in [0.5, 0.6) is 0 Å². The molecule has 0 aliphatic carbocycles. The summed E-state index contributed by atoms with van der Waals surface area (Å²) in [5.74, 6) is 0.130. The van der Waals surface area contributed by atoms with Crippen molar-refractivity contribution >= 4 is 5.91 Å². The quantitative estimate of drug-likeness (QED) is 0.845. The van der Waals surface area contributed by atoms with E-state index in [1.807, 2.05) is 36.1 Å². The monoisotopic (exact) mass is 232 g/mol. The second-order valence-corrected chi connectivity index (χ2v) is 5.36. The van der Waals surface area contributed by atoms with E-state index in [0.717, 1.165) is 30.6 Å². The van der Waals surface area contributed by atoms with Crippen molar-refractivity contribution in [2.24, 2.45) is 11.1 Å². The summed E-state index contributed by atoms with van der Waals surface area (Å²) in [6, 6.07) is 7.76. The van der Waals surface area contributed by atoms with Crippen LogP contribution in [0.1, 0.15) is 29.3 Å². The Hall–Kier alpha value is -1.35. The fourth-order valence-electron chi connectivity index (χ4n) is 2.32. The van der Waals surface area contributed by atoms with Gasteiger partial charge in [-0.25, -0.2) is 0 Å². The molecule has 1 aliphatic heterocycles. The molecule has 92 valence electrons. The molecule has 1 aliphatic rings. The summed E-state index contributed by atoms with van der Waals surface area (Å²) >= 11 is 0. The van der Waals surface area contributed by atoms with Gasteiger partial charge in [-0.2, -0.15) is 0 Å². The van der Waals surface area contributed by atoms with Crippen LogP contribution in [0.2, 0.25) is 0 Å². The third-order valence-electron chi connectivity index (χ3n) is 3.60. The Morgan fingerprint density at radius 1 is 1.53 bits per heavy atom. The minimum atomic E-state index is 0.0967. The van der Waals surface area contributed by atoms with Gasteiger partial charge in [0.1, 0.15) is 0 Å². The maximum Gasteiger partial charge on any atom is 0.253 e. The van der Waals surface area contributed by atoms with E-state index in [1.165, 1.54) is 0 Å². The summed E-state index contributed by atoms with van der Waals surface area (Å²) in [4.78, 5) is 14.2. The van der Waals surface area contributed by atoms with Crippen LogP contribution >= 0.6 is 0 Å². The maximum atomic E-state index is 12.3. The van der Waals surface area contributed by atoms with Crippen LogP contribution in [0.4, 0.5) is 0 Å². The first-order valence-electron chi connectivity index (χ1n) is 6.10. The lowest BCUT2D eigenvalue weighted by atomic mass is 9.90. The number of aryl methyl sites for hydroxylation is 1. The van der Waals surface area contributed by atoms with Crippen LogP contribution in [-0.2, 0) is 0 Å². The molecule has 17 heavy (non-hydrogen) atoms. The molecule has 0 radical (unpaired) electrons. The molecule has 2 rings (SSSR count). The van der Waals surface area contributed by atoms with E-state index in [4.69, 9.17) is 5.73 Å². The molecule has 1 amide bonds. The highest BCUT2D eigenvalue weighted by atomic mass is 16.2. The van der Waals surface area contributed by atoms with Crippen LogP contribution in [0, 0.1) is 12.3 Å². The van der Waals surface area contributed by atoms with Gasteiger partial charge in [-0.3, -0.25) is 4.79 Å². The SMILES string of the molecule is Cc1cccc(C(=O)N2CCC(C)(CN)C2)c1. The smallest absolute Gasteiger partial charge is 0.253 e. The third kappa shape index (κ3) is 2.50. The number of carbonyl (C=O) groups excluding carboxylic acids is 1. The molecule has 0 aromatic heterocycles. The number of hydrogen-bond donors (Lipinski definition) is 1. The Morgan fingerprint density at radius 2 is 2.29 bits per heavy atom. The number of carbonyl (C=O) groups is 1. The second-order valence-electron chi connectivity index (χ2n) is 5.36. The summed E-state index contributed by atoms with van der Waals surface area (Å²) in [6.07, 6.45) is 1.00. The highest BCUT2D eigenvalue weighted by Crippen LogP contribution is 2.29. The Kier molecular flexibility index (Phi) is 3.20. The van der Waals surface area contributed by atoms with Crippen LogP contribution in [0.3, 0.4) is 0 Å². The van der Waals surface area contributed by atoms with Gasteiger partial charge in [-0.05, 0) is 37.4 Å². The zero-order valence-corrected chi connectivity index (χ0v) is 10.6. The number of nitrogens with two attached hydrogens (primary N) is 1. The topological polar surface area (TPSA) is 46.3 Å². The molecule has 3 nitrogen and oxygen atoms in total. The van der Waals surface area contributed by atoms with Crippen LogP contribution in [0.25, 0.3) is 0 Å². The van der Waals surface area contributed by atoms with Gasteiger partial charge in [0.2, 0.25) is 0 Å². The lowest BCUT2D eigenvalue weighted by Gasteiger charge is -2.22. The molecule has 1 unspecified atom stereocenters. The fraction of sp³-hybridized carbons (Fsp3) is 0.500. The van der Waals surface area contributed by atoms with Crippen molar-refractivity contribution < 1.29 is 4.79 Å². The van der Waals surface area contributed by atoms with E-state index in [-0.39, 0.29) is 11.3 Å². The summed E-state index contributed by atoms with van der Waals surface area (Å²) in [5.41, 5.74) is 7.76. The van der Waals surface area contributed by atoms with Crippen LogP contribution < -0.4 is 5.73 Å². The molecular formula is C14H20N2O. The molecule has 1 saturated heterocycles. The minimum absolute atomic E-state index is 0.0967. The summed E-state index contributed by atoms with van der Waals surface area (Å²) in [6.45, 7) is 6.39. The van der Waals surface area contributed by atoms with Gasteiger partial charge in [0, 0.05) is 18.7 Å². The molecule has 0 spiro atoms. The molecule has 1 atom stereocenters. The van der Waals surface area contributed by atoms with E-state index in [2.05, 4.69) is 6.92 Å². The molecule has 1 fully saturated rings. The van der Waals surface area contributed by atoms with Crippen molar-refractivity contribution in [2.45, 2.75) is 20.3 Å². The van der Waals surface area contributed by atoms with E-state index in [1.54, 1.807) is 0 Å². The molecule has 3 heteroatoms. The third-order valence-corrected chi connectivity index (χ3v) is 3.60. The number of nitrogens with zero attached hydrogens (tertiary/aromatic N) is 1. The second kappa shape index (κ2) is 4.49. The first-order chi connectivity index (χ1) is 8.04. The molecule has 1 heterocycles. The van der Waals surface area contributed by atoms with Crippen LogP contribution in [0.15, 0.2) is 24.3 Å². The predicted molar refractivity (Wildman–Crippen MR) is 68.9 cm³/mol. The van der Waals surface area contributed by atoms with Gasteiger partial charge in [-0.1, -0.05) is 24.6 Å². The highest BCUT2D eigenvalue weighted by molar-refractivity contribution is 5.94. The summed E-state index contributed by atoms with van der Waals surface area (Å²) in [7, 11) is 0. The van der Waals surface area contributed by atoms with Gasteiger partial charge >= 0.3 is 0 Å². The number of likely N-dealkylation sites (tertiary alicyclic amines) is 1. The standard InChI is InChI=1S/C14H20N2O/c1-11-4-3-5-12(8-11)13(17)16-7-6-14(2,9-15)10-16/h3-5,8H,6-7,9-10,15H2,1-2H3. The van der Waals surface area contributed by atoms with E-state index < -0.39 is 0 Å². The van der Waals surface area contributed by atoms with Gasteiger partial charge in [-0.15, -0.1) is 0 Å². The lowest BCUT2D eigenvalue weighted by Crippen LogP contribution is -2.34. The Balaban J connectivity index is 2.12. The Labute approximate surface area is 103 Å². The van der Waals surface area contributed by atoms with Gasteiger partial charge in [0.25, 0.3) is 5.91 Å². The lowest BCUT2D eigenvalue weighted by molar-refractivity contribution is 0.0777. The Bertz CT molecular complexity index is 430. The zero-order valence-electron chi connectivity index (χ0n) is 10.6. The normalized spacial score (nSPS) is 24.1. The summed E-state index contributed by atoms with van der Waals surface area (Å²) < 4.78 is 0. The number of benzene rings is 1. The average molecular weight is 232 g/mol. The maximum absolute atomic E-state index is 12.3. The first-order valence-corrected chi connectivity index (χ1v) is 6.10. The number of amides is 1. The molecule has 1 aromatic carbocycles. The van der Waals surface area contributed by atoms with Crippen molar-refractivity contribution in [3.05, 3.63) is 35.4 Å². The summed E-state index contributed by atoms with van der Waals surface area (Å²) in [5, 5.41) is 0. The average Bonchev–Trinajstić information content (AvgIpc) is 2.72. The highest BCUT2D eigenvalue weighted by Gasteiger charge is 2.35. The van der Waals surface area contributed by atoms with Crippen molar-refractivity contribution in [1.29, 1.82) is 0 Å². The van der Waals surface area contributed by atoms with Crippen molar-refractivity contribution in [1.82, 2.24) is 4.90 Å².